The third kappa shape index (κ3) is 4.38. The molecule has 2 fully saturated rings. The van der Waals surface area contributed by atoms with Crippen molar-refractivity contribution in [3.63, 3.8) is 0 Å². The van der Waals surface area contributed by atoms with Crippen LogP contribution >= 0.6 is 35.1 Å². The van der Waals surface area contributed by atoms with E-state index in [-0.39, 0.29) is 29.7 Å². The molecular weight excluding hydrogens is 495 g/mol. The molecule has 2 aliphatic rings. The number of nitrogens with one attached hydrogen (secondary N) is 1. The molecule has 2 saturated heterocycles. The topological polar surface area (TPSA) is 117 Å². The highest BCUT2D eigenvalue weighted by Gasteiger charge is 2.51. The summed E-state index contributed by atoms with van der Waals surface area (Å²) < 4.78 is 8.04. The Morgan fingerprint density at radius 3 is 2.50 bits per heavy atom. The van der Waals surface area contributed by atoms with Gasteiger partial charge in [0.25, 0.3) is 0 Å². The zero-order valence-electron chi connectivity index (χ0n) is 18.3. The van der Waals surface area contributed by atoms with Crippen LogP contribution in [0.3, 0.4) is 0 Å². The molecule has 34 heavy (non-hydrogen) atoms. The van der Waals surface area contributed by atoms with Crippen LogP contribution < -0.4 is 15.4 Å². The van der Waals surface area contributed by atoms with Gasteiger partial charge in [0.1, 0.15) is 18.1 Å². The van der Waals surface area contributed by atoms with E-state index < -0.39 is 0 Å². The van der Waals surface area contributed by atoms with Crippen molar-refractivity contribution in [2.75, 3.05) is 43.1 Å². The highest BCUT2D eigenvalue weighted by atomic mass is 35.5. The Hall–Kier alpha value is -2.66. The minimum Gasteiger partial charge on any atom is -0.458 e. The van der Waals surface area contributed by atoms with E-state index in [1.54, 1.807) is 18.1 Å². The van der Waals surface area contributed by atoms with Gasteiger partial charge in [-0.05, 0) is 18.4 Å². The molecule has 2 aliphatic heterocycles. The van der Waals surface area contributed by atoms with Crippen LogP contribution in [-0.2, 0) is 6.61 Å². The summed E-state index contributed by atoms with van der Waals surface area (Å²) >= 11 is 14.1. The zero-order valence-corrected chi connectivity index (χ0v) is 20.7. The fourth-order valence-corrected chi connectivity index (χ4v) is 5.45. The number of nitrogen functional groups attached to an aromatic ring is 1. The number of anilines is 2. The second-order valence-electron chi connectivity index (χ2n) is 8.44. The van der Waals surface area contributed by atoms with Gasteiger partial charge in [0, 0.05) is 61.3 Å². The molecule has 12 heteroatoms. The van der Waals surface area contributed by atoms with Crippen molar-refractivity contribution >= 4 is 52.4 Å². The lowest BCUT2D eigenvalue weighted by molar-refractivity contribution is 0.0474. The lowest BCUT2D eigenvalue weighted by Crippen LogP contribution is -2.70. The van der Waals surface area contributed by atoms with Gasteiger partial charge in [-0.15, -0.1) is 0 Å². The molecule has 0 saturated carbocycles. The number of halogens is 2. The SMILES string of the molecule is CSN1CC2(C1)CN(c1ccc(C(=N)c3nc(OCc4c(Cl)cncc4Cl)ncc3N)cn1)C2. The Labute approximate surface area is 211 Å². The van der Waals surface area contributed by atoms with Crippen LogP contribution in [0.4, 0.5) is 11.5 Å². The number of nitrogens with two attached hydrogens (primary N) is 1. The van der Waals surface area contributed by atoms with Crippen LogP contribution in [0.15, 0.2) is 36.9 Å². The summed E-state index contributed by atoms with van der Waals surface area (Å²) in [4.78, 5) is 19.2. The fourth-order valence-electron chi connectivity index (χ4n) is 4.17. The van der Waals surface area contributed by atoms with Crippen LogP contribution in [0.25, 0.3) is 0 Å². The van der Waals surface area contributed by atoms with Crippen molar-refractivity contribution in [3.8, 4) is 6.01 Å². The molecule has 0 aromatic carbocycles. The first-order valence-corrected chi connectivity index (χ1v) is 12.4. The largest absolute Gasteiger partial charge is 0.458 e. The van der Waals surface area contributed by atoms with Gasteiger partial charge in [-0.1, -0.05) is 35.1 Å². The first kappa shape index (κ1) is 23.1. The zero-order chi connectivity index (χ0) is 23.9. The summed E-state index contributed by atoms with van der Waals surface area (Å²) in [5, 5.41) is 9.38. The standard InChI is InChI=1S/C22H22Cl2N8OS/c1-34-32-11-22(12-32)9-31(10-22)18-3-2-13(4-28-18)19(26)20-17(25)7-29-21(30-20)33-8-14-15(23)5-27-6-16(14)24/h2-7,26H,8-12,25H2,1H3. The maximum absolute atomic E-state index is 8.62. The predicted molar refractivity (Wildman–Crippen MR) is 135 cm³/mol. The molecule has 3 aromatic heterocycles. The fraction of sp³-hybridized carbons (Fsp3) is 0.318. The van der Waals surface area contributed by atoms with Crippen LogP contribution in [0.1, 0.15) is 16.8 Å². The van der Waals surface area contributed by atoms with E-state index in [2.05, 4.69) is 35.4 Å². The van der Waals surface area contributed by atoms with Gasteiger partial charge in [-0.25, -0.2) is 14.3 Å². The van der Waals surface area contributed by atoms with E-state index in [0.717, 1.165) is 32.0 Å². The molecule has 0 bridgehead atoms. The van der Waals surface area contributed by atoms with Gasteiger partial charge in [0.15, 0.2) is 0 Å². The van der Waals surface area contributed by atoms with Crippen LogP contribution in [0.5, 0.6) is 6.01 Å². The maximum atomic E-state index is 8.62. The van der Waals surface area contributed by atoms with Gasteiger partial charge in [-0.2, -0.15) is 4.98 Å². The average Bonchev–Trinajstić information content (AvgIpc) is 2.78. The Kier molecular flexibility index (Phi) is 6.24. The highest BCUT2D eigenvalue weighted by molar-refractivity contribution is 7.96. The number of aromatic nitrogens is 4. The number of nitrogens with zero attached hydrogens (tertiary/aromatic N) is 6. The van der Waals surface area contributed by atoms with E-state index in [9.17, 15) is 0 Å². The summed E-state index contributed by atoms with van der Waals surface area (Å²) in [5.74, 6) is 0.913. The Bertz CT molecular complexity index is 1210. The van der Waals surface area contributed by atoms with Crippen molar-refractivity contribution < 1.29 is 4.74 Å². The average molecular weight is 517 g/mol. The van der Waals surface area contributed by atoms with E-state index in [0.29, 0.717) is 26.6 Å². The summed E-state index contributed by atoms with van der Waals surface area (Å²) in [5.41, 5.74) is 8.32. The van der Waals surface area contributed by atoms with E-state index in [4.69, 9.17) is 39.1 Å². The Balaban J connectivity index is 1.25. The lowest BCUT2D eigenvalue weighted by atomic mass is 9.74. The molecule has 3 aromatic rings. The van der Waals surface area contributed by atoms with Gasteiger partial charge in [0.05, 0.1) is 27.6 Å². The molecule has 0 amide bonds. The van der Waals surface area contributed by atoms with E-state index in [1.807, 2.05) is 12.1 Å². The monoisotopic (exact) mass is 516 g/mol. The molecule has 0 unspecified atom stereocenters. The molecule has 0 aliphatic carbocycles. The molecule has 5 rings (SSSR count). The van der Waals surface area contributed by atoms with Crippen molar-refractivity contribution in [1.29, 1.82) is 5.41 Å². The molecule has 176 valence electrons. The van der Waals surface area contributed by atoms with Crippen molar-refractivity contribution in [2.24, 2.45) is 5.41 Å². The number of pyridine rings is 2. The summed E-state index contributed by atoms with van der Waals surface area (Å²) in [6.45, 7) is 4.34. The molecule has 0 radical (unpaired) electrons. The summed E-state index contributed by atoms with van der Waals surface area (Å²) in [6.07, 6.45) is 8.18. The first-order valence-electron chi connectivity index (χ1n) is 10.5. The van der Waals surface area contributed by atoms with Crippen molar-refractivity contribution in [1.82, 2.24) is 24.2 Å². The smallest absolute Gasteiger partial charge is 0.317 e. The Morgan fingerprint density at radius 2 is 1.85 bits per heavy atom. The molecule has 3 N–H and O–H groups in total. The number of rotatable bonds is 7. The normalized spacial score (nSPS) is 16.7. The lowest BCUT2D eigenvalue weighted by Gasteiger charge is -2.60. The minimum absolute atomic E-state index is 0.0547. The van der Waals surface area contributed by atoms with Crippen LogP contribution in [0, 0.1) is 10.8 Å². The summed E-state index contributed by atoms with van der Waals surface area (Å²) in [6, 6.07) is 3.86. The van der Waals surface area contributed by atoms with Gasteiger partial charge < -0.3 is 15.4 Å². The number of hydrogen-bond donors (Lipinski definition) is 2. The molecule has 9 nitrogen and oxygen atoms in total. The first-order chi connectivity index (χ1) is 16.4. The maximum Gasteiger partial charge on any atom is 0.317 e. The third-order valence-corrected chi connectivity index (χ3v) is 7.45. The van der Waals surface area contributed by atoms with E-state index in [1.165, 1.54) is 18.6 Å². The number of hydrogen-bond acceptors (Lipinski definition) is 10. The van der Waals surface area contributed by atoms with E-state index >= 15 is 0 Å². The Morgan fingerprint density at radius 1 is 1.12 bits per heavy atom. The molecule has 5 heterocycles. The summed E-state index contributed by atoms with van der Waals surface area (Å²) in [7, 11) is 0. The molecule has 0 atom stereocenters. The predicted octanol–water partition coefficient (Wildman–Crippen LogP) is 3.55. The van der Waals surface area contributed by atoms with Gasteiger partial charge >= 0.3 is 6.01 Å². The second-order valence-corrected chi connectivity index (χ2v) is 10.1. The van der Waals surface area contributed by atoms with Gasteiger partial charge in [-0.3, -0.25) is 10.4 Å². The van der Waals surface area contributed by atoms with Crippen molar-refractivity contribution in [3.05, 3.63) is 63.8 Å². The van der Waals surface area contributed by atoms with Gasteiger partial charge in [0.2, 0.25) is 0 Å². The van der Waals surface area contributed by atoms with Crippen molar-refractivity contribution in [2.45, 2.75) is 6.61 Å². The molecule has 1 spiro atoms. The van der Waals surface area contributed by atoms with Crippen LogP contribution in [-0.4, -0.2) is 62.4 Å². The van der Waals surface area contributed by atoms with Crippen LogP contribution in [0.2, 0.25) is 10.0 Å². The third-order valence-electron chi connectivity index (χ3n) is 6.02. The quantitative estimate of drug-likeness (QED) is 0.358. The second kappa shape index (κ2) is 9.18. The minimum atomic E-state index is 0.0547. The molecular formula is C22H22Cl2N8OS. The highest BCUT2D eigenvalue weighted by Crippen LogP contribution is 2.43. The number of ether oxygens (including phenoxy) is 1.